The van der Waals surface area contributed by atoms with Crippen LogP contribution in [-0.2, 0) is 16.6 Å². The highest BCUT2D eigenvalue weighted by atomic mass is 79.9. The Morgan fingerprint density at radius 2 is 2.11 bits per heavy atom. The molecule has 0 bridgehead atoms. The molecular formula is C12H13BrN2O2S2. The lowest BCUT2D eigenvalue weighted by Crippen LogP contribution is -2.26. The summed E-state index contributed by atoms with van der Waals surface area (Å²) >= 11 is 4.89. The predicted octanol–water partition coefficient (Wildman–Crippen LogP) is 2.91. The molecule has 1 aromatic carbocycles. The van der Waals surface area contributed by atoms with Crippen molar-refractivity contribution in [2.24, 2.45) is 0 Å². The zero-order chi connectivity index (χ0) is 14.0. The van der Waals surface area contributed by atoms with E-state index in [9.17, 15) is 8.42 Å². The molecule has 1 heterocycles. The van der Waals surface area contributed by atoms with Crippen molar-refractivity contribution >= 4 is 43.0 Å². The summed E-state index contributed by atoms with van der Waals surface area (Å²) in [5.41, 5.74) is 7.01. The largest absolute Gasteiger partial charge is 0.399 e. The fourth-order valence-corrected chi connectivity index (χ4v) is 4.04. The van der Waals surface area contributed by atoms with Gasteiger partial charge in [-0.1, -0.05) is 6.07 Å². The van der Waals surface area contributed by atoms with Crippen LogP contribution in [0.4, 0.5) is 5.69 Å². The number of halogens is 1. The van der Waals surface area contributed by atoms with E-state index < -0.39 is 10.0 Å². The van der Waals surface area contributed by atoms with Gasteiger partial charge in [0.1, 0.15) is 0 Å². The number of anilines is 1. The van der Waals surface area contributed by atoms with Gasteiger partial charge < -0.3 is 5.73 Å². The van der Waals surface area contributed by atoms with Gasteiger partial charge >= 0.3 is 0 Å². The molecule has 2 N–H and O–H groups in total. The molecule has 4 nitrogen and oxygen atoms in total. The van der Waals surface area contributed by atoms with Crippen molar-refractivity contribution in [3.8, 4) is 0 Å². The van der Waals surface area contributed by atoms with Gasteiger partial charge in [-0.15, -0.1) is 11.3 Å². The minimum atomic E-state index is -3.51. The van der Waals surface area contributed by atoms with E-state index in [-0.39, 0.29) is 4.90 Å². The number of benzene rings is 1. The van der Waals surface area contributed by atoms with E-state index in [1.807, 2.05) is 11.4 Å². The van der Waals surface area contributed by atoms with Gasteiger partial charge in [-0.2, -0.15) is 4.31 Å². The summed E-state index contributed by atoms with van der Waals surface area (Å²) in [5.74, 6) is 0. The van der Waals surface area contributed by atoms with Crippen LogP contribution in [0.2, 0.25) is 0 Å². The van der Waals surface area contributed by atoms with E-state index in [0.29, 0.717) is 12.2 Å². The second kappa shape index (κ2) is 5.62. The first kappa shape index (κ1) is 14.5. The maximum atomic E-state index is 12.4. The van der Waals surface area contributed by atoms with E-state index >= 15 is 0 Å². The van der Waals surface area contributed by atoms with Crippen LogP contribution in [0.5, 0.6) is 0 Å². The maximum Gasteiger partial charge on any atom is 0.243 e. The first-order chi connectivity index (χ1) is 8.89. The molecule has 0 aliphatic heterocycles. The third-order valence-corrected chi connectivity index (χ3v) is 5.95. The summed E-state index contributed by atoms with van der Waals surface area (Å²) < 4.78 is 27.0. The molecule has 0 atom stereocenters. The summed E-state index contributed by atoms with van der Waals surface area (Å²) in [6, 6.07) is 8.23. The van der Waals surface area contributed by atoms with Crippen molar-refractivity contribution in [1.29, 1.82) is 0 Å². The third-order valence-electron chi connectivity index (χ3n) is 2.59. The average molecular weight is 361 g/mol. The Morgan fingerprint density at radius 1 is 1.37 bits per heavy atom. The van der Waals surface area contributed by atoms with Crippen molar-refractivity contribution in [2.75, 3.05) is 12.8 Å². The number of nitrogen functional groups attached to an aromatic ring is 1. The minimum absolute atomic E-state index is 0.212. The summed E-state index contributed by atoms with van der Waals surface area (Å²) in [6.45, 7) is 0.333. The van der Waals surface area contributed by atoms with Gasteiger partial charge in [-0.3, -0.25) is 0 Å². The van der Waals surface area contributed by atoms with Crippen LogP contribution in [0.1, 0.15) is 5.56 Å². The number of thiophene rings is 1. The SMILES string of the molecule is CN(Cc1csc(Br)c1)S(=O)(=O)c1cccc(N)c1. The second-order valence-electron chi connectivity index (χ2n) is 4.09. The number of nitrogens with zero attached hydrogens (tertiary/aromatic N) is 1. The van der Waals surface area contributed by atoms with Crippen LogP contribution in [-0.4, -0.2) is 19.8 Å². The fraction of sp³-hybridized carbons (Fsp3) is 0.167. The summed E-state index contributed by atoms with van der Waals surface area (Å²) in [4.78, 5) is 0.212. The van der Waals surface area contributed by atoms with Crippen molar-refractivity contribution in [2.45, 2.75) is 11.4 Å². The lowest BCUT2D eigenvalue weighted by Gasteiger charge is -2.16. The molecule has 0 saturated carbocycles. The molecule has 0 unspecified atom stereocenters. The molecule has 2 aromatic rings. The number of hydrogen-bond donors (Lipinski definition) is 1. The summed E-state index contributed by atoms with van der Waals surface area (Å²) in [7, 11) is -1.95. The Labute approximate surface area is 125 Å². The summed E-state index contributed by atoms with van der Waals surface area (Å²) in [5, 5.41) is 1.93. The normalized spacial score (nSPS) is 11.9. The zero-order valence-electron chi connectivity index (χ0n) is 10.2. The smallest absolute Gasteiger partial charge is 0.243 e. The average Bonchev–Trinajstić information content (AvgIpc) is 2.74. The topological polar surface area (TPSA) is 63.4 Å². The Hall–Kier alpha value is -0.890. The van der Waals surface area contributed by atoms with Gasteiger partial charge in [-0.25, -0.2) is 8.42 Å². The highest BCUT2D eigenvalue weighted by Crippen LogP contribution is 2.24. The molecule has 2 rings (SSSR count). The van der Waals surface area contributed by atoms with E-state index in [1.54, 1.807) is 25.2 Å². The van der Waals surface area contributed by atoms with Crippen LogP contribution in [0.15, 0.2) is 44.4 Å². The molecule has 0 spiro atoms. The molecule has 0 saturated heterocycles. The second-order valence-corrected chi connectivity index (χ2v) is 8.43. The highest BCUT2D eigenvalue weighted by Gasteiger charge is 2.21. The lowest BCUT2D eigenvalue weighted by molar-refractivity contribution is 0.467. The standard InChI is InChI=1S/C12H13BrN2O2S2/c1-15(7-9-5-12(13)18-8-9)19(16,17)11-4-2-3-10(14)6-11/h2-6,8H,7,14H2,1H3. The van der Waals surface area contributed by atoms with Crippen LogP contribution in [0, 0.1) is 0 Å². The van der Waals surface area contributed by atoms with Crippen molar-refractivity contribution in [1.82, 2.24) is 4.31 Å². The molecule has 7 heteroatoms. The maximum absolute atomic E-state index is 12.4. The first-order valence-corrected chi connectivity index (χ1v) is 8.55. The molecule has 0 amide bonds. The predicted molar refractivity (Wildman–Crippen MR) is 81.5 cm³/mol. The third kappa shape index (κ3) is 3.36. The van der Waals surface area contributed by atoms with Crippen molar-refractivity contribution in [3.05, 3.63) is 45.1 Å². The monoisotopic (exact) mass is 360 g/mol. The number of nitrogens with two attached hydrogens (primary N) is 1. The molecule has 19 heavy (non-hydrogen) atoms. The lowest BCUT2D eigenvalue weighted by atomic mass is 10.3. The van der Waals surface area contributed by atoms with Gasteiger partial charge in [0.05, 0.1) is 8.68 Å². The minimum Gasteiger partial charge on any atom is -0.399 e. The first-order valence-electron chi connectivity index (χ1n) is 5.44. The van der Waals surface area contributed by atoms with Gasteiger partial charge in [0, 0.05) is 19.3 Å². The Bertz CT molecular complexity index is 683. The molecule has 0 radical (unpaired) electrons. The number of sulfonamides is 1. The Kier molecular flexibility index (Phi) is 4.29. The molecule has 1 aromatic heterocycles. The van der Waals surface area contributed by atoms with E-state index in [2.05, 4.69) is 15.9 Å². The van der Waals surface area contributed by atoms with Crippen LogP contribution in [0.3, 0.4) is 0 Å². The number of rotatable bonds is 4. The molecular weight excluding hydrogens is 348 g/mol. The van der Waals surface area contributed by atoms with Gasteiger partial charge in [0.2, 0.25) is 10.0 Å². The van der Waals surface area contributed by atoms with Crippen LogP contribution in [0.25, 0.3) is 0 Å². The molecule has 102 valence electrons. The highest BCUT2D eigenvalue weighted by molar-refractivity contribution is 9.11. The van der Waals surface area contributed by atoms with Crippen LogP contribution < -0.4 is 5.73 Å². The summed E-state index contributed by atoms with van der Waals surface area (Å²) in [6.07, 6.45) is 0. The van der Waals surface area contributed by atoms with Crippen molar-refractivity contribution < 1.29 is 8.42 Å². The van der Waals surface area contributed by atoms with E-state index in [4.69, 9.17) is 5.73 Å². The molecule has 0 fully saturated rings. The number of hydrogen-bond acceptors (Lipinski definition) is 4. The van der Waals surface area contributed by atoms with Crippen LogP contribution >= 0.6 is 27.3 Å². The van der Waals surface area contributed by atoms with Gasteiger partial charge in [-0.05, 0) is 51.1 Å². The molecule has 0 aliphatic carbocycles. The van der Waals surface area contributed by atoms with E-state index in [1.165, 1.54) is 21.7 Å². The Morgan fingerprint density at radius 3 is 2.68 bits per heavy atom. The van der Waals surface area contributed by atoms with Gasteiger partial charge in [0.25, 0.3) is 0 Å². The fourth-order valence-electron chi connectivity index (χ4n) is 1.63. The Balaban J connectivity index is 2.24. The van der Waals surface area contributed by atoms with Crippen molar-refractivity contribution in [3.63, 3.8) is 0 Å². The van der Waals surface area contributed by atoms with Gasteiger partial charge in [0.15, 0.2) is 0 Å². The zero-order valence-corrected chi connectivity index (χ0v) is 13.4. The quantitative estimate of drug-likeness (QED) is 0.852. The molecule has 0 aliphatic rings. The van der Waals surface area contributed by atoms with E-state index in [0.717, 1.165) is 9.35 Å².